The summed E-state index contributed by atoms with van der Waals surface area (Å²) in [6.45, 7) is 0.213. The van der Waals surface area contributed by atoms with E-state index in [1.807, 2.05) is 24.3 Å². The number of carbonyl (C=O) groups is 1. The van der Waals surface area contributed by atoms with Gasteiger partial charge in [-0.1, -0.05) is 23.7 Å². The Hall–Kier alpha value is -2.66. The van der Waals surface area contributed by atoms with Crippen molar-refractivity contribution in [1.29, 1.82) is 0 Å². The molecular weight excluding hydrogens is 318 g/mol. The monoisotopic (exact) mass is 329 g/mol. The van der Waals surface area contributed by atoms with Crippen molar-refractivity contribution in [3.63, 3.8) is 0 Å². The molecule has 116 valence electrons. The van der Waals surface area contributed by atoms with Crippen LogP contribution >= 0.6 is 11.6 Å². The molecule has 0 atom stereocenters. The number of fused-ring (bicyclic) bond motifs is 2. The Balaban J connectivity index is 1.81. The number of carboxylic acids is 1. The first kappa shape index (κ1) is 14.0. The quantitative estimate of drug-likeness (QED) is 0.766. The molecule has 2 N–H and O–H groups in total. The maximum atomic E-state index is 11.5. The van der Waals surface area contributed by atoms with Gasteiger partial charge >= 0.3 is 5.97 Å². The van der Waals surface area contributed by atoms with Crippen LogP contribution in [0, 0.1) is 0 Å². The molecule has 1 aliphatic heterocycles. The number of aromatic carboxylic acids is 1. The zero-order valence-electron chi connectivity index (χ0n) is 11.9. The number of ether oxygens (including phenoxy) is 2. The van der Waals surface area contributed by atoms with Gasteiger partial charge < -0.3 is 19.6 Å². The van der Waals surface area contributed by atoms with Gasteiger partial charge in [-0.2, -0.15) is 0 Å². The third-order valence-corrected chi connectivity index (χ3v) is 4.14. The molecule has 0 amide bonds. The molecule has 1 aromatic heterocycles. The molecule has 0 saturated heterocycles. The molecule has 2 heterocycles. The highest BCUT2D eigenvalue weighted by Crippen LogP contribution is 2.34. The number of carboxylic acid groups (broad SMARTS) is 1. The van der Waals surface area contributed by atoms with Gasteiger partial charge in [0.1, 0.15) is 5.69 Å². The summed E-state index contributed by atoms with van der Waals surface area (Å²) in [5.41, 5.74) is 2.57. The van der Waals surface area contributed by atoms with Crippen molar-refractivity contribution < 1.29 is 19.4 Å². The Bertz CT molecular complexity index is 932. The molecule has 23 heavy (non-hydrogen) atoms. The van der Waals surface area contributed by atoms with Crippen LogP contribution in [0.15, 0.2) is 36.4 Å². The highest BCUT2D eigenvalue weighted by molar-refractivity contribution is 6.31. The van der Waals surface area contributed by atoms with E-state index in [2.05, 4.69) is 4.98 Å². The largest absolute Gasteiger partial charge is 0.477 e. The Morgan fingerprint density at radius 1 is 1.17 bits per heavy atom. The lowest BCUT2D eigenvalue weighted by Gasteiger charge is -2.04. The van der Waals surface area contributed by atoms with Gasteiger partial charge in [0.05, 0.1) is 0 Å². The lowest BCUT2D eigenvalue weighted by atomic mass is 10.0. The molecule has 5 nitrogen and oxygen atoms in total. The fraction of sp³-hybridized carbons (Fsp3) is 0.118. The summed E-state index contributed by atoms with van der Waals surface area (Å²) in [5.74, 6) is 0.397. The Morgan fingerprint density at radius 2 is 2.00 bits per heavy atom. The molecule has 4 rings (SSSR count). The Morgan fingerprint density at radius 3 is 2.83 bits per heavy atom. The van der Waals surface area contributed by atoms with Crippen molar-refractivity contribution in [2.24, 2.45) is 0 Å². The highest BCUT2D eigenvalue weighted by atomic mass is 35.5. The van der Waals surface area contributed by atoms with E-state index in [9.17, 15) is 9.90 Å². The van der Waals surface area contributed by atoms with Crippen molar-refractivity contribution in [1.82, 2.24) is 4.98 Å². The average Bonchev–Trinajstić information content (AvgIpc) is 3.11. The van der Waals surface area contributed by atoms with Crippen LogP contribution < -0.4 is 9.47 Å². The van der Waals surface area contributed by atoms with Crippen LogP contribution in [-0.4, -0.2) is 22.9 Å². The van der Waals surface area contributed by atoms with E-state index in [1.54, 1.807) is 12.1 Å². The lowest BCUT2D eigenvalue weighted by Crippen LogP contribution is -2.02. The summed E-state index contributed by atoms with van der Waals surface area (Å²) in [6, 6.07) is 10.9. The van der Waals surface area contributed by atoms with E-state index >= 15 is 0 Å². The van der Waals surface area contributed by atoms with E-state index in [0.29, 0.717) is 28.5 Å². The molecule has 0 radical (unpaired) electrons. The fourth-order valence-corrected chi connectivity index (χ4v) is 3.02. The van der Waals surface area contributed by atoms with Gasteiger partial charge in [0.2, 0.25) is 6.79 Å². The normalized spacial score (nSPS) is 12.7. The number of hydrogen-bond donors (Lipinski definition) is 2. The van der Waals surface area contributed by atoms with Crippen LogP contribution in [0.5, 0.6) is 11.5 Å². The molecule has 0 bridgehead atoms. The van der Waals surface area contributed by atoms with Gasteiger partial charge in [-0.25, -0.2) is 4.79 Å². The number of hydrogen-bond acceptors (Lipinski definition) is 3. The van der Waals surface area contributed by atoms with Gasteiger partial charge in [-0.3, -0.25) is 0 Å². The van der Waals surface area contributed by atoms with E-state index in [1.165, 1.54) is 0 Å². The van der Waals surface area contributed by atoms with Gasteiger partial charge in [0, 0.05) is 22.3 Å². The number of aromatic nitrogens is 1. The maximum absolute atomic E-state index is 11.5. The molecule has 0 fully saturated rings. The predicted molar refractivity (Wildman–Crippen MR) is 85.6 cm³/mol. The van der Waals surface area contributed by atoms with Crippen molar-refractivity contribution in [3.05, 3.63) is 58.2 Å². The first-order chi connectivity index (χ1) is 11.1. The minimum atomic E-state index is -0.993. The van der Waals surface area contributed by atoms with Crippen LogP contribution in [0.1, 0.15) is 21.6 Å². The maximum Gasteiger partial charge on any atom is 0.352 e. The summed E-state index contributed by atoms with van der Waals surface area (Å²) >= 11 is 5.99. The van der Waals surface area contributed by atoms with Gasteiger partial charge in [-0.15, -0.1) is 0 Å². The smallest absolute Gasteiger partial charge is 0.352 e. The van der Waals surface area contributed by atoms with Gasteiger partial charge in [-0.05, 0) is 35.4 Å². The number of H-pyrrole nitrogens is 1. The molecule has 1 aliphatic rings. The first-order valence-electron chi connectivity index (χ1n) is 7.04. The van der Waals surface area contributed by atoms with E-state index < -0.39 is 5.97 Å². The summed E-state index contributed by atoms with van der Waals surface area (Å²) in [5, 5.41) is 10.9. The summed E-state index contributed by atoms with van der Waals surface area (Å²) in [6.07, 6.45) is 0.472. The van der Waals surface area contributed by atoms with Crippen LogP contribution in [0.25, 0.3) is 10.9 Å². The SMILES string of the molecule is O=C(O)c1[nH]c2cc(Cl)ccc2c1Cc1ccc2c(c1)OCO2. The molecule has 3 aromatic rings. The molecule has 6 heteroatoms. The van der Waals surface area contributed by atoms with Crippen molar-refractivity contribution in [2.45, 2.75) is 6.42 Å². The summed E-state index contributed by atoms with van der Waals surface area (Å²) in [7, 11) is 0. The van der Waals surface area contributed by atoms with Gasteiger partial charge in [0.25, 0.3) is 0 Å². The third kappa shape index (κ3) is 2.39. The minimum absolute atomic E-state index is 0.180. The summed E-state index contributed by atoms with van der Waals surface area (Å²) < 4.78 is 10.7. The Kier molecular flexibility index (Phi) is 3.16. The fourth-order valence-electron chi connectivity index (χ4n) is 2.85. The zero-order valence-corrected chi connectivity index (χ0v) is 12.7. The number of aromatic amines is 1. The second-order valence-corrected chi connectivity index (χ2v) is 5.77. The highest BCUT2D eigenvalue weighted by Gasteiger charge is 2.19. The number of halogens is 1. The van der Waals surface area contributed by atoms with Crippen molar-refractivity contribution in [3.8, 4) is 11.5 Å². The molecule has 0 spiro atoms. The van der Waals surface area contributed by atoms with Crippen LogP contribution in [0.4, 0.5) is 0 Å². The van der Waals surface area contributed by atoms with E-state index in [0.717, 1.165) is 16.5 Å². The topological polar surface area (TPSA) is 71.5 Å². The van der Waals surface area contributed by atoms with Crippen LogP contribution in [0.3, 0.4) is 0 Å². The van der Waals surface area contributed by atoms with Crippen molar-refractivity contribution >= 4 is 28.5 Å². The molecule has 2 aromatic carbocycles. The van der Waals surface area contributed by atoms with E-state index in [4.69, 9.17) is 21.1 Å². The first-order valence-corrected chi connectivity index (χ1v) is 7.41. The summed E-state index contributed by atoms with van der Waals surface area (Å²) in [4.78, 5) is 14.5. The van der Waals surface area contributed by atoms with Gasteiger partial charge in [0.15, 0.2) is 11.5 Å². The lowest BCUT2D eigenvalue weighted by molar-refractivity contribution is 0.0690. The number of benzene rings is 2. The standard InChI is InChI=1S/C17H12ClNO4/c18-10-2-3-11-12(16(17(20)21)19-13(11)7-10)5-9-1-4-14-15(6-9)23-8-22-14/h1-4,6-7,19H,5,8H2,(H,20,21). The Labute approximate surface area is 136 Å². The third-order valence-electron chi connectivity index (χ3n) is 3.90. The van der Waals surface area contributed by atoms with Crippen LogP contribution in [-0.2, 0) is 6.42 Å². The number of rotatable bonds is 3. The molecule has 0 saturated carbocycles. The van der Waals surface area contributed by atoms with E-state index in [-0.39, 0.29) is 12.5 Å². The molecular formula is C17H12ClNO4. The second-order valence-electron chi connectivity index (χ2n) is 5.34. The van der Waals surface area contributed by atoms with Crippen molar-refractivity contribution in [2.75, 3.05) is 6.79 Å². The average molecular weight is 330 g/mol. The molecule has 0 unspecified atom stereocenters. The molecule has 0 aliphatic carbocycles. The second kappa shape index (κ2) is 5.21. The minimum Gasteiger partial charge on any atom is -0.477 e. The van der Waals surface area contributed by atoms with Crippen LogP contribution in [0.2, 0.25) is 5.02 Å². The predicted octanol–water partition coefficient (Wildman–Crippen LogP) is 3.84. The zero-order chi connectivity index (χ0) is 16.0. The number of nitrogens with one attached hydrogen (secondary N) is 1.